The number of nitrogens with one attached hydrogen (secondary N) is 3. The largest absolute Gasteiger partial charge is 0.497 e. The van der Waals surface area contributed by atoms with Gasteiger partial charge in [-0.2, -0.15) is 0 Å². The number of nitrogens with zero attached hydrogens (tertiary/aromatic N) is 1. The van der Waals surface area contributed by atoms with Crippen LogP contribution in [-0.4, -0.2) is 36.4 Å². The number of ether oxygens (including phenoxy) is 1. The highest BCUT2D eigenvalue weighted by atomic mass is 32.1. The van der Waals surface area contributed by atoms with Crippen LogP contribution >= 0.6 is 22.7 Å². The molecule has 10 heteroatoms. The van der Waals surface area contributed by atoms with E-state index in [0.29, 0.717) is 36.0 Å². The van der Waals surface area contributed by atoms with Gasteiger partial charge in [0.2, 0.25) is 11.8 Å². The van der Waals surface area contributed by atoms with Gasteiger partial charge in [0.25, 0.3) is 5.91 Å². The van der Waals surface area contributed by atoms with E-state index in [1.807, 2.05) is 17.5 Å². The molecule has 0 atom stereocenters. The average Bonchev–Trinajstić information content (AvgIpc) is 3.44. The molecule has 0 saturated heterocycles. The first-order valence-corrected chi connectivity index (χ1v) is 11.7. The number of carbonyl (C=O) groups is 3. The first-order chi connectivity index (χ1) is 15.4. The Labute approximate surface area is 194 Å². The molecule has 0 unspecified atom stereocenters. The van der Waals surface area contributed by atoms with Crippen LogP contribution in [0.2, 0.25) is 0 Å². The zero-order valence-corrected chi connectivity index (χ0v) is 19.4. The number of thiazole rings is 1. The van der Waals surface area contributed by atoms with Crippen molar-refractivity contribution in [2.45, 2.75) is 26.3 Å². The normalized spacial score (nSPS) is 10.4. The summed E-state index contributed by atoms with van der Waals surface area (Å²) < 4.78 is 5.07. The second-order valence-electron chi connectivity index (χ2n) is 6.85. The molecular weight excluding hydrogens is 448 g/mol. The predicted octanol–water partition coefficient (Wildman–Crippen LogP) is 3.67. The van der Waals surface area contributed by atoms with E-state index in [1.54, 1.807) is 42.7 Å². The minimum Gasteiger partial charge on any atom is -0.497 e. The maximum absolute atomic E-state index is 12.2. The van der Waals surface area contributed by atoms with E-state index in [4.69, 9.17) is 4.74 Å². The van der Waals surface area contributed by atoms with Crippen molar-refractivity contribution < 1.29 is 19.1 Å². The molecule has 32 heavy (non-hydrogen) atoms. The quantitative estimate of drug-likeness (QED) is 0.390. The molecule has 0 saturated carbocycles. The molecule has 0 aliphatic heterocycles. The lowest BCUT2D eigenvalue weighted by Crippen LogP contribution is -2.25. The van der Waals surface area contributed by atoms with Gasteiger partial charge in [-0.15, -0.1) is 22.7 Å². The fraction of sp³-hybridized carbons (Fsp3) is 0.273. The predicted molar refractivity (Wildman–Crippen MR) is 126 cm³/mol. The molecule has 0 aliphatic rings. The van der Waals surface area contributed by atoms with Gasteiger partial charge in [0.15, 0.2) is 5.13 Å². The van der Waals surface area contributed by atoms with Crippen LogP contribution in [0.3, 0.4) is 0 Å². The summed E-state index contributed by atoms with van der Waals surface area (Å²) in [7, 11) is 1.57. The van der Waals surface area contributed by atoms with Gasteiger partial charge >= 0.3 is 0 Å². The summed E-state index contributed by atoms with van der Waals surface area (Å²) in [6.45, 7) is 2.37. The first-order valence-electron chi connectivity index (χ1n) is 9.95. The highest BCUT2D eigenvalue weighted by molar-refractivity contribution is 7.17. The standard InChI is InChI=1S/C22H24N4O4S2/c1-14(27)24-12-17-9-10-19(32-17)18-13-31-22(25-18)26-20(28)4-3-11-23-21(29)15-5-7-16(30-2)8-6-15/h5-10,13H,3-4,11-12H2,1-2H3,(H,23,29)(H,24,27)(H,25,26,28). The zero-order valence-electron chi connectivity index (χ0n) is 17.8. The molecule has 0 bridgehead atoms. The van der Waals surface area contributed by atoms with Gasteiger partial charge in [0.1, 0.15) is 5.75 Å². The lowest BCUT2D eigenvalue weighted by Gasteiger charge is -2.06. The summed E-state index contributed by atoms with van der Waals surface area (Å²) in [5.41, 5.74) is 1.33. The van der Waals surface area contributed by atoms with E-state index >= 15 is 0 Å². The summed E-state index contributed by atoms with van der Waals surface area (Å²) in [6, 6.07) is 10.7. The Hall–Kier alpha value is -3.24. The number of methoxy groups -OCH3 is 1. The molecule has 2 aromatic heterocycles. The second-order valence-corrected chi connectivity index (χ2v) is 8.88. The third-order valence-electron chi connectivity index (χ3n) is 4.39. The lowest BCUT2D eigenvalue weighted by atomic mass is 10.2. The maximum atomic E-state index is 12.2. The van der Waals surface area contributed by atoms with Crippen molar-refractivity contribution in [1.82, 2.24) is 15.6 Å². The molecule has 0 spiro atoms. The van der Waals surface area contributed by atoms with Crippen LogP contribution in [0.4, 0.5) is 5.13 Å². The van der Waals surface area contributed by atoms with Gasteiger partial charge in [0, 0.05) is 35.7 Å². The smallest absolute Gasteiger partial charge is 0.251 e. The Balaban J connectivity index is 1.40. The molecule has 2 heterocycles. The number of anilines is 1. The number of thiophene rings is 1. The van der Waals surface area contributed by atoms with Gasteiger partial charge in [-0.3, -0.25) is 14.4 Å². The fourth-order valence-electron chi connectivity index (χ4n) is 2.74. The summed E-state index contributed by atoms with van der Waals surface area (Å²) in [4.78, 5) is 41.8. The second kappa shape index (κ2) is 11.4. The zero-order chi connectivity index (χ0) is 22.9. The van der Waals surface area contributed by atoms with E-state index < -0.39 is 0 Å². The van der Waals surface area contributed by atoms with Crippen LogP contribution in [0.25, 0.3) is 10.6 Å². The molecule has 1 aromatic carbocycles. The molecule has 3 aromatic rings. The molecule has 0 fully saturated rings. The molecule has 8 nitrogen and oxygen atoms in total. The molecule has 0 aliphatic carbocycles. The number of amides is 3. The Morgan fingerprint density at radius 2 is 1.84 bits per heavy atom. The van der Waals surface area contributed by atoms with Crippen LogP contribution in [0.5, 0.6) is 5.75 Å². The van der Waals surface area contributed by atoms with Crippen LogP contribution in [0.1, 0.15) is 35.0 Å². The van der Waals surface area contributed by atoms with Crippen molar-refractivity contribution in [3.05, 3.63) is 52.2 Å². The van der Waals surface area contributed by atoms with E-state index in [-0.39, 0.29) is 24.1 Å². The molecule has 3 amide bonds. The van der Waals surface area contributed by atoms with E-state index in [9.17, 15) is 14.4 Å². The SMILES string of the molecule is COc1ccc(C(=O)NCCCC(=O)Nc2nc(-c3ccc(CNC(C)=O)s3)cs2)cc1. The molecule has 168 valence electrons. The number of hydrogen-bond acceptors (Lipinski definition) is 7. The molecule has 3 N–H and O–H groups in total. The third-order valence-corrected chi connectivity index (χ3v) is 6.26. The lowest BCUT2D eigenvalue weighted by molar-refractivity contribution is -0.119. The maximum Gasteiger partial charge on any atom is 0.251 e. The third kappa shape index (κ3) is 6.89. The summed E-state index contributed by atoms with van der Waals surface area (Å²) >= 11 is 2.91. The van der Waals surface area contributed by atoms with Crippen molar-refractivity contribution in [1.29, 1.82) is 0 Å². The number of hydrogen-bond donors (Lipinski definition) is 3. The van der Waals surface area contributed by atoms with Gasteiger partial charge in [-0.05, 0) is 42.8 Å². The highest BCUT2D eigenvalue weighted by Crippen LogP contribution is 2.30. The van der Waals surface area contributed by atoms with Crippen LogP contribution in [-0.2, 0) is 16.1 Å². The van der Waals surface area contributed by atoms with Crippen LogP contribution < -0.4 is 20.7 Å². The molecular formula is C22H24N4O4S2. The minimum absolute atomic E-state index is 0.0705. The van der Waals surface area contributed by atoms with Gasteiger partial charge in [-0.25, -0.2) is 4.98 Å². The highest BCUT2D eigenvalue weighted by Gasteiger charge is 2.11. The monoisotopic (exact) mass is 472 g/mol. The Morgan fingerprint density at radius 3 is 2.56 bits per heavy atom. The van der Waals surface area contributed by atoms with Gasteiger partial charge in [-0.1, -0.05) is 0 Å². The summed E-state index contributed by atoms with van der Waals surface area (Å²) in [5, 5.41) is 10.8. The van der Waals surface area contributed by atoms with Crippen molar-refractivity contribution in [2.24, 2.45) is 0 Å². The molecule has 0 radical (unpaired) electrons. The van der Waals surface area contributed by atoms with E-state index in [1.165, 1.54) is 18.3 Å². The minimum atomic E-state index is -0.188. The van der Waals surface area contributed by atoms with Crippen molar-refractivity contribution in [3.8, 4) is 16.3 Å². The Bertz CT molecular complexity index is 1080. The summed E-state index contributed by atoms with van der Waals surface area (Å²) in [6.07, 6.45) is 0.793. The van der Waals surface area contributed by atoms with Crippen molar-refractivity contribution >= 4 is 45.5 Å². The number of benzene rings is 1. The van der Waals surface area contributed by atoms with Crippen molar-refractivity contribution in [2.75, 3.05) is 19.0 Å². The average molecular weight is 473 g/mol. The van der Waals surface area contributed by atoms with Crippen LogP contribution in [0.15, 0.2) is 41.8 Å². The van der Waals surface area contributed by atoms with E-state index in [0.717, 1.165) is 15.4 Å². The Kier molecular flexibility index (Phi) is 8.34. The Morgan fingerprint density at radius 1 is 1.06 bits per heavy atom. The number of rotatable bonds is 10. The van der Waals surface area contributed by atoms with Gasteiger partial charge in [0.05, 0.1) is 24.2 Å². The van der Waals surface area contributed by atoms with Crippen LogP contribution in [0, 0.1) is 0 Å². The van der Waals surface area contributed by atoms with E-state index in [2.05, 4.69) is 20.9 Å². The number of aromatic nitrogens is 1. The topological polar surface area (TPSA) is 109 Å². The van der Waals surface area contributed by atoms with Crippen molar-refractivity contribution in [3.63, 3.8) is 0 Å². The fourth-order valence-corrected chi connectivity index (χ4v) is 4.45. The summed E-state index contributed by atoms with van der Waals surface area (Å²) in [5.74, 6) is 0.278. The molecule has 3 rings (SSSR count). The first kappa shape index (κ1) is 23.4. The number of carbonyl (C=O) groups excluding carboxylic acids is 3. The van der Waals surface area contributed by atoms with Gasteiger partial charge < -0.3 is 20.7 Å².